The minimum Gasteiger partial charge on any atom is -0.479 e. The molecular weight excluding hydrogens is 172 g/mol. The van der Waals surface area contributed by atoms with E-state index in [1.54, 1.807) is 0 Å². The van der Waals surface area contributed by atoms with Crippen molar-refractivity contribution < 1.29 is 19.4 Å². The van der Waals surface area contributed by atoms with Gasteiger partial charge in [0.1, 0.15) is 0 Å². The van der Waals surface area contributed by atoms with Crippen LogP contribution in [0, 0.1) is 5.41 Å². The van der Waals surface area contributed by atoms with E-state index < -0.39 is 18.0 Å². The highest BCUT2D eigenvalue weighted by Gasteiger charge is 2.26. The van der Waals surface area contributed by atoms with Crippen molar-refractivity contribution >= 4 is 11.9 Å². The molecule has 0 aliphatic carbocycles. The first-order chi connectivity index (χ1) is 5.72. The van der Waals surface area contributed by atoms with Crippen LogP contribution in [0.4, 0.5) is 0 Å². The first-order valence-electron chi connectivity index (χ1n) is 4.12. The third kappa shape index (κ3) is 6.13. The first kappa shape index (κ1) is 11.9. The highest BCUT2D eigenvalue weighted by atomic mass is 16.6. The fraction of sp³-hybridized carbons (Fsp3) is 0.778. The van der Waals surface area contributed by atoms with Crippen LogP contribution in [0.15, 0.2) is 0 Å². The van der Waals surface area contributed by atoms with E-state index in [9.17, 15) is 9.59 Å². The maximum Gasteiger partial charge on any atom is 0.345 e. The maximum atomic E-state index is 10.6. The summed E-state index contributed by atoms with van der Waals surface area (Å²) < 4.78 is 4.65. The smallest absolute Gasteiger partial charge is 0.345 e. The molecule has 0 saturated carbocycles. The van der Waals surface area contributed by atoms with Gasteiger partial charge >= 0.3 is 11.9 Å². The Bertz CT molecular complexity index is 202. The molecule has 0 aliphatic heterocycles. The van der Waals surface area contributed by atoms with Crippen LogP contribution < -0.4 is 0 Å². The second kappa shape index (κ2) is 4.25. The van der Waals surface area contributed by atoms with Crippen molar-refractivity contribution in [2.24, 2.45) is 5.41 Å². The van der Waals surface area contributed by atoms with Crippen molar-refractivity contribution in [3.05, 3.63) is 0 Å². The van der Waals surface area contributed by atoms with Gasteiger partial charge in [0.15, 0.2) is 6.10 Å². The highest BCUT2D eigenvalue weighted by molar-refractivity contribution is 5.76. The van der Waals surface area contributed by atoms with Gasteiger partial charge in [0.05, 0.1) is 0 Å². The lowest BCUT2D eigenvalue weighted by molar-refractivity contribution is -0.164. The molecule has 0 amide bonds. The van der Waals surface area contributed by atoms with Crippen molar-refractivity contribution in [2.75, 3.05) is 0 Å². The van der Waals surface area contributed by atoms with Crippen LogP contribution in [0.5, 0.6) is 0 Å². The number of carbonyl (C=O) groups is 2. The topological polar surface area (TPSA) is 63.6 Å². The van der Waals surface area contributed by atoms with E-state index in [1.807, 2.05) is 20.8 Å². The van der Waals surface area contributed by atoms with Gasteiger partial charge in [-0.05, 0) is 5.41 Å². The lowest BCUT2D eigenvalue weighted by atomic mass is 9.89. The number of carbonyl (C=O) groups excluding carboxylic acids is 1. The van der Waals surface area contributed by atoms with Crippen LogP contribution >= 0.6 is 0 Å². The number of carboxylic acid groups (broad SMARTS) is 1. The molecule has 1 atom stereocenters. The fourth-order valence-electron chi connectivity index (χ4n) is 0.936. The molecule has 1 N–H and O–H groups in total. The van der Waals surface area contributed by atoms with Gasteiger partial charge in [-0.25, -0.2) is 4.79 Å². The van der Waals surface area contributed by atoms with Crippen LogP contribution in [0.1, 0.15) is 34.1 Å². The Kier molecular flexibility index (Phi) is 3.91. The van der Waals surface area contributed by atoms with Crippen molar-refractivity contribution in [1.82, 2.24) is 0 Å². The van der Waals surface area contributed by atoms with Crippen LogP contribution in [0.2, 0.25) is 0 Å². The summed E-state index contributed by atoms with van der Waals surface area (Å²) in [6.45, 7) is 6.89. The summed E-state index contributed by atoms with van der Waals surface area (Å²) in [5.74, 6) is -1.65. The third-order valence-corrected chi connectivity index (χ3v) is 1.38. The predicted octanol–water partition coefficient (Wildman–Crippen LogP) is 1.44. The fourth-order valence-corrected chi connectivity index (χ4v) is 0.936. The Labute approximate surface area is 77.9 Å². The molecule has 4 nitrogen and oxygen atoms in total. The van der Waals surface area contributed by atoms with Gasteiger partial charge in [0.2, 0.25) is 0 Å². The van der Waals surface area contributed by atoms with Crippen LogP contribution in [0.25, 0.3) is 0 Å². The number of aliphatic carboxylic acids is 1. The van der Waals surface area contributed by atoms with Gasteiger partial charge in [0, 0.05) is 13.3 Å². The third-order valence-electron chi connectivity index (χ3n) is 1.38. The molecule has 76 valence electrons. The monoisotopic (exact) mass is 188 g/mol. The number of hydrogen-bond donors (Lipinski definition) is 1. The zero-order valence-corrected chi connectivity index (χ0v) is 8.46. The maximum absolute atomic E-state index is 10.6. The first-order valence-corrected chi connectivity index (χ1v) is 4.12. The second-order valence-corrected chi connectivity index (χ2v) is 4.20. The number of ether oxygens (including phenoxy) is 1. The van der Waals surface area contributed by atoms with Crippen LogP contribution in [-0.4, -0.2) is 23.1 Å². The van der Waals surface area contributed by atoms with E-state index in [0.717, 1.165) is 0 Å². The zero-order chi connectivity index (χ0) is 10.6. The molecule has 4 heteroatoms. The van der Waals surface area contributed by atoms with E-state index in [2.05, 4.69) is 4.74 Å². The minimum absolute atomic E-state index is 0.168. The quantitative estimate of drug-likeness (QED) is 0.680. The Morgan fingerprint density at radius 2 is 1.85 bits per heavy atom. The normalized spacial score (nSPS) is 13.5. The molecule has 0 spiro atoms. The average molecular weight is 188 g/mol. The molecule has 0 aromatic heterocycles. The molecule has 0 saturated heterocycles. The summed E-state index contributed by atoms with van der Waals surface area (Å²) in [6, 6.07) is 0. The van der Waals surface area contributed by atoms with Gasteiger partial charge in [0.25, 0.3) is 0 Å². The van der Waals surface area contributed by atoms with Gasteiger partial charge in [-0.1, -0.05) is 20.8 Å². The Balaban J connectivity index is 4.27. The second-order valence-electron chi connectivity index (χ2n) is 4.20. The lowest BCUT2D eigenvalue weighted by Crippen LogP contribution is -2.30. The Hall–Kier alpha value is -1.06. The lowest BCUT2D eigenvalue weighted by Gasteiger charge is -2.22. The van der Waals surface area contributed by atoms with Gasteiger partial charge in [-0.15, -0.1) is 0 Å². The zero-order valence-electron chi connectivity index (χ0n) is 8.46. The van der Waals surface area contributed by atoms with Gasteiger partial charge < -0.3 is 9.84 Å². The van der Waals surface area contributed by atoms with E-state index in [0.29, 0.717) is 6.42 Å². The molecule has 13 heavy (non-hydrogen) atoms. The van der Waals surface area contributed by atoms with Crippen molar-refractivity contribution in [1.29, 1.82) is 0 Å². The summed E-state index contributed by atoms with van der Waals surface area (Å²) in [5, 5.41) is 8.71. The van der Waals surface area contributed by atoms with Crippen molar-refractivity contribution in [3.8, 4) is 0 Å². The molecule has 0 aromatic rings. The number of hydrogen-bond acceptors (Lipinski definition) is 3. The molecule has 0 bridgehead atoms. The SMILES string of the molecule is CC(=O)OC(CC(C)(C)C)C(=O)O. The predicted molar refractivity (Wildman–Crippen MR) is 47.3 cm³/mol. The van der Waals surface area contributed by atoms with E-state index in [-0.39, 0.29) is 5.41 Å². The van der Waals surface area contributed by atoms with Gasteiger partial charge in [-0.2, -0.15) is 0 Å². The van der Waals surface area contributed by atoms with Gasteiger partial charge in [-0.3, -0.25) is 4.79 Å². The molecule has 0 aromatic carbocycles. The molecule has 0 rings (SSSR count). The summed E-state index contributed by atoms with van der Waals surface area (Å²) in [5.41, 5.74) is -0.168. The van der Waals surface area contributed by atoms with E-state index in [4.69, 9.17) is 5.11 Å². The molecule has 0 radical (unpaired) electrons. The molecular formula is C9H16O4. The largest absolute Gasteiger partial charge is 0.479 e. The summed E-state index contributed by atoms with van der Waals surface area (Å²) >= 11 is 0. The molecule has 0 fully saturated rings. The van der Waals surface area contributed by atoms with Crippen LogP contribution in [0.3, 0.4) is 0 Å². The number of carboxylic acids is 1. The minimum atomic E-state index is -1.09. The number of esters is 1. The van der Waals surface area contributed by atoms with Crippen molar-refractivity contribution in [2.45, 2.75) is 40.2 Å². The average Bonchev–Trinajstić information content (AvgIpc) is 1.81. The number of rotatable bonds is 3. The summed E-state index contributed by atoms with van der Waals surface area (Å²) in [4.78, 5) is 21.2. The van der Waals surface area contributed by atoms with Crippen LogP contribution in [-0.2, 0) is 14.3 Å². The summed E-state index contributed by atoms with van der Waals surface area (Å²) in [7, 11) is 0. The van der Waals surface area contributed by atoms with E-state index in [1.165, 1.54) is 6.92 Å². The Morgan fingerprint density at radius 1 is 1.38 bits per heavy atom. The van der Waals surface area contributed by atoms with Crippen molar-refractivity contribution in [3.63, 3.8) is 0 Å². The molecule has 1 unspecified atom stereocenters. The molecule has 0 heterocycles. The standard InChI is InChI=1S/C9H16O4/c1-6(10)13-7(8(11)12)5-9(2,3)4/h7H,5H2,1-4H3,(H,11,12). The van der Waals surface area contributed by atoms with E-state index >= 15 is 0 Å². The summed E-state index contributed by atoms with van der Waals surface area (Å²) in [6.07, 6.45) is -0.709. The Morgan fingerprint density at radius 3 is 2.08 bits per heavy atom. The molecule has 0 aliphatic rings. The highest BCUT2D eigenvalue weighted by Crippen LogP contribution is 2.22.